The van der Waals surface area contributed by atoms with Crippen molar-refractivity contribution in [1.29, 1.82) is 0 Å². The van der Waals surface area contributed by atoms with Crippen molar-refractivity contribution < 1.29 is 19.1 Å². The van der Waals surface area contributed by atoms with E-state index in [0.29, 0.717) is 5.56 Å². The maximum Gasteiger partial charge on any atom is 0.227 e. The molecule has 0 saturated heterocycles. The zero-order valence-electron chi connectivity index (χ0n) is 23.6. The van der Waals surface area contributed by atoms with Crippen LogP contribution in [0.4, 0.5) is 11.4 Å². The van der Waals surface area contributed by atoms with Crippen LogP contribution >= 0.6 is 0 Å². The number of benzene rings is 2. The summed E-state index contributed by atoms with van der Waals surface area (Å²) < 4.78 is 5.31. The smallest absolute Gasteiger partial charge is 0.227 e. The number of carbonyl (C=O) groups is 3. The SMILES string of the molecule is CCC(C)C1CCC(C(=O)Nc2ccc(C)c(OC)c2)CC1.CCc1c(C)cc(C=O)cc1NC(C)=O. The van der Waals surface area contributed by atoms with Crippen molar-refractivity contribution in [2.45, 2.75) is 80.1 Å². The highest BCUT2D eigenvalue weighted by atomic mass is 16.5. The number of hydrogen-bond donors (Lipinski definition) is 2. The highest BCUT2D eigenvalue weighted by Gasteiger charge is 2.28. The van der Waals surface area contributed by atoms with Crippen molar-refractivity contribution in [2.24, 2.45) is 17.8 Å². The molecule has 0 spiro atoms. The van der Waals surface area contributed by atoms with E-state index >= 15 is 0 Å². The van der Waals surface area contributed by atoms with Crippen LogP contribution < -0.4 is 15.4 Å². The third kappa shape index (κ3) is 8.73. The van der Waals surface area contributed by atoms with Gasteiger partial charge in [-0.15, -0.1) is 0 Å². The van der Waals surface area contributed by atoms with Crippen molar-refractivity contribution in [3.05, 3.63) is 52.6 Å². The normalized spacial score (nSPS) is 17.6. The molecule has 1 unspecified atom stereocenters. The van der Waals surface area contributed by atoms with Gasteiger partial charge in [-0.2, -0.15) is 0 Å². The summed E-state index contributed by atoms with van der Waals surface area (Å²) >= 11 is 0. The largest absolute Gasteiger partial charge is 0.496 e. The molecule has 0 bridgehead atoms. The van der Waals surface area contributed by atoms with E-state index < -0.39 is 0 Å². The molecule has 6 heteroatoms. The lowest BCUT2D eigenvalue weighted by Gasteiger charge is -2.31. The van der Waals surface area contributed by atoms with Gasteiger partial charge >= 0.3 is 0 Å². The van der Waals surface area contributed by atoms with Crippen LogP contribution in [0, 0.1) is 31.6 Å². The summed E-state index contributed by atoms with van der Waals surface area (Å²) in [5.41, 5.74) is 5.35. The van der Waals surface area contributed by atoms with E-state index in [9.17, 15) is 14.4 Å². The molecule has 1 atom stereocenters. The number of anilines is 2. The number of nitrogens with one attached hydrogen (secondary N) is 2. The molecule has 0 aliphatic heterocycles. The Morgan fingerprint density at radius 1 is 1.03 bits per heavy atom. The molecular weight excluding hydrogens is 464 g/mol. The van der Waals surface area contributed by atoms with E-state index in [1.165, 1.54) is 26.2 Å². The third-order valence-corrected chi connectivity index (χ3v) is 7.56. The highest BCUT2D eigenvalue weighted by Crippen LogP contribution is 2.35. The average molecular weight is 509 g/mol. The molecule has 0 heterocycles. The molecule has 202 valence electrons. The van der Waals surface area contributed by atoms with Gasteiger partial charge in [-0.25, -0.2) is 0 Å². The summed E-state index contributed by atoms with van der Waals surface area (Å²) in [6.07, 6.45) is 7.27. The van der Waals surface area contributed by atoms with Crippen molar-refractivity contribution >= 4 is 29.5 Å². The minimum absolute atomic E-state index is 0.118. The van der Waals surface area contributed by atoms with Gasteiger partial charge in [0.25, 0.3) is 0 Å². The van der Waals surface area contributed by atoms with Gasteiger partial charge in [-0.3, -0.25) is 14.4 Å². The number of ether oxygens (including phenoxy) is 1. The van der Waals surface area contributed by atoms with Crippen molar-refractivity contribution in [3.8, 4) is 5.75 Å². The summed E-state index contributed by atoms with van der Waals surface area (Å²) in [5, 5.41) is 5.79. The molecule has 1 aliphatic carbocycles. The summed E-state index contributed by atoms with van der Waals surface area (Å²) in [6.45, 7) is 12.0. The lowest BCUT2D eigenvalue weighted by Crippen LogP contribution is -2.28. The minimum atomic E-state index is -0.118. The van der Waals surface area contributed by atoms with Gasteiger partial charge in [-0.05, 0) is 92.7 Å². The number of rotatable bonds is 8. The Balaban J connectivity index is 0.000000281. The Kier molecular flexibility index (Phi) is 11.8. The van der Waals surface area contributed by atoms with Crippen molar-refractivity contribution in [1.82, 2.24) is 0 Å². The molecule has 0 radical (unpaired) electrons. The molecular formula is C31H44N2O4. The monoisotopic (exact) mass is 508 g/mol. The summed E-state index contributed by atoms with van der Waals surface area (Å²) in [4.78, 5) is 34.1. The van der Waals surface area contributed by atoms with Gasteiger partial charge in [0.1, 0.15) is 12.0 Å². The number of carbonyl (C=O) groups excluding carboxylic acids is 3. The molecule has 3 rings (SSSR count). The number of aldehydes is 1. The lowest BCUT2D eigenvalue weighted by molar-refractivity contribution is -0.121. The third-order valence-electron chi connectivity index (χ3n) is 7.56. The van der Waals surface area contributed by atoms with Crippen molar-refractivity contribution in [3.63, 3.8) is 0 Å². The van der Waals surface area contributed by atoms with Gasteiger partial charge < -0.3 is 15.4 Å². The second-order valence-electron chi connectivity index (χ2n) is 10.2. The number of hydrogen-bond acceptors (Lipinski definition) is 4. The standard InChI is InChI=1S/C19H29NO2.C12H15NO2/c1-5-13(2)15-7-9-16(10-8-15)19(21)20-17-11-6-14(3)18(12-17)22-4;1-4-11-8(2)5-10(7-14)6-12(11)13-9(3)15/h6,11-13,15-16H,5,7-10H2,1-4H3,(H,20,21);5-7H,4H2,1-3H3,(H,13,15). The van der Waals surface area contributed by atoms with E-state index in [1.54, 1.807) is 13.2 Å². The van der Waals surface area contributed by atoms with Crippen LogP contribution in [-0.4, -0.2) is 25.2 Å². The molecule has 2 N–H and O–H groups in total. The number of amides is 2. The fourth-order valence-corrected chi connectivity index (χ4v) is 5.11. The Bertz CT molecular complexity index is 1070. The van der Waals surface area contributed by atoms with E-state index in [0.717, 1.165) is 71.2 Å². The Morgan fingerprint density at radius 3 is 2.24 bits per heavy atom. The Labute approximate surface area is 222 Å². The lowest BCUT2D eigenvalue weighted by atomic mass is 9.75. The molecule has 1 saturated carbocycles. The molecule has 1 fully saturated rings. The van der Waals surface area contributed by atoms with Crippen LogP contribution in [0.2, 0.25) is 0 Å². The first-order valence-corrected chi connectivity index (χ1v) is 13.4. The highest BCUT2D eigenvalue weighted by molar-refractivity contribution is 5.93. The zero-order valence-corrected chi connectivity index (χ0v) is 23.6. The first-order valence-electron chi connectivity index (χ1n) is 13.4. The zero-order chi connectivity index (χ0) is 27.5. The quantitative estimate of drug-likeness (QED) is 0.372. The molecule has 37 heavy (non-hydrogen) atoms. The fraction of sp³-hybridized carbons (Fsp3) is 0.516. The first kappa shape index (κ1) is 30.1. The molecule has 6 nitrogen and oxygen atoms in total. The van der Waals surface area contributed by atoms with Gasteiger partial charge in [0, 0.05) is 35.8 Å². The molecule has 2 amide bonds. The van der Waals surface area contributed by atoms with Crippen LogP contribution in [0.15, 0.2) is 30.3 Å². The summed E-state index contributed by atoms with van der Waals surface area (Å²) in [5.74, 6) is 2.60. The Hall–Kier alpha value is -3.15. The second-order valence-corrected chi connectivity index (χ2v) is 10.2. The molecule has 2 aromatic carbocycles. The van der Waals surface area contributed by atoms with Gasteiger partial charge in [0.05, 0.1) is 7.11 Å². The molecule has 0 aromatic heterocycles. The second kappa shape index (κ2) is 14.6. The van der Waals surface area contributed by atoms with E-state index in [4.69, 9.17) is 4.74 Å². The topological polar surface area (TPSA) is 84.5 Å². The van der Waals surface area contributed by atoms with E-state index in [2.05, 4.69) is 24.5 Å². The Morgan fingerprint density at radius 2 is 1.70 bits per heavy atom. The fourth-order valence-electron chi connectivity index (χ4n) is 5.11. The van der Waals surface area contributed by atoms with Crippen LogP contribution in [0.1, 0.15) is 86.8 Å². The molecule has 1 aliphatic rings. The van der Waals surface area contributed by atoms with Crippen LogP contribution in [-0.2, 0) is 16.0 Å². The number of methoxy groups -OCH3 is 1. The van der Waals surface area contributed by atoms with Gasteiger partial charge in [0.15, 0.2) is 0 Å². The summed E-state index contributed by atoms with van der Waals surface area (Å²) in [7, 11) is 1.66. The van der Waals surface area contributed by atoms with E-state index in [1.807, 2.05) is 45.0 Å². The van der Waals surface area contributed by atoms with Crippen LogP contribution in [0.3, 0.4) is 0 Å². The maximum atomic E-state index is 12.4. The van der Waals surface area contributed by atoms with Gasteiger partial charge in [-0.1, -0.05) is 33.3 Å². The van der Waals surface area contributed by atoms with E-state index in [-0.39, 0.29) is 17.7 Å². The summed E-state index contributed by atoms with van der Waals surface area (Å²) in [6, 6.07) is 9.37. The molecule has 2 aromatic rings. The predicted molar refractivity (Wildman–Crippen MR) is 152 cm³/mol. The van der Waals surface area contributed by atoms with Crippen LogP contribution in [0.5, 0.6) is 5.75 Å². The first-order chi connectivity index (χ1) is 17.6. The minimum Gasteiger partial charge on any atom is -0.496 e. The van der Waals surface area contributed by atoms with Gasteiger partial charge in [0.2, 0.25) is 11.8 Å². The number of aryl methyl sites for hydroxylation is 2. The maximum absolute atomic E-state index is 12.4. The van der Waals surface area contributed by atoms with Crippen LogP contribution in [0.25, 0.3) is 0 Å². The predicted octanol–water partition coefficient (Wildman–Crippen LogP) is 7.12. The van der Waals surface area contributed by atoms with Crippen molar-refractivity contribution in [2.75, 3.05) is 17.7 Å². The average Bonchev–Trinajstić information content (AvgIpc) is 2.89.